The first kappa shape index (κ1) is 16.9. The number of anilines is 1. The van der Waals surface area contributed by atoms with E-state index < -0.39 is 24.3 Å². The van der Waals surface area contributed by atoms with Gasteiger partial charge in [0.25, 0.3) is 5.91 Å². The van der Waals surface area contributed by atoms with Gasteiger partial charge in [-0.25, -0.2) is 9.18 Å². The van der Waals surface area contributed by atoms with Crippen LogP contribution in [0.3, 0.4) is 0 Å². The molecule has 1 aromatic heterocycles. The van der Waals surface area contributed by atoms with E-state index in [1.807, 2.05) is 6.07 Å². The van der Waals surface area contributed by atoms with Crippen molar-refractivity contribution in [2.75, 3.05) is 11.9 Å². The van der Waals surface area contributed by atoms with Crippen LogP contribution in [-0.4, -0.2) is 18.5 Å². The molecule has 1 heterocycles. The number of aryl methyl sites for hydroxylation is 2. The van der Waals surface area contributed by atoms with Crippen LogP contribution in [-0.2, 0) is 22.4 Å². The van der Waals surface area contributed by atoms with Gasteiger partial charge in [0.15, 0.2) is 6.61 Å². The molecule has 0 aliphatic heterocycles. The number of rotatable bonds is 4. The molecule has 1 N–H and O–H groups in total. The lowest BCUT2D eigenvalue weighted by Gasteiger charge is -2.08. The highest BCUT2D eigenvalue weighted by atomic mass is 35.5. The topological polar surface area (TPSA) is 55.4 Å². The summed E-state index contributed by atoms with van der Waals surface area (Å²) in [7, 11) is 0. The molecule has 1 aliphatic carbocycles. The molecule has 1 amide bonds. The van der Waals surface area contributed by atoms with Crippen molar-refractivity contribution in [3.63, 3.8) is 0 Å². The lowest BCUT2D eigenvalue weighted by molar-refractivity contribution is -0.119. The number of hydrogen-bond donors (Lipinski definition) is 1. The van der Waals surface area contributed by atoms with Gasteiger partial charge in [0.05, 0.1) is 10.7 Å². The second-order valence-corrected chi connectivity index (χ2v) is 7.06. The number of halogens is 2. The first-order chi connectivity index (χ1) is 11.5. The molecule has 0 spiro atoms. The molecule has 0 radical (unpaired) electrons. The van der Waals surface area contributed by atoms with E-state index in [4.69, 9.17) is 16.3 Å². The third kappa shape index (κ3) is 3.94. The Morgan fingerprint density at radius 3 is 2.79 bits per heavy atom. The first-order valence-corrected chi connectivity index (χ1v) is 8.76. The first-order valence-electron chi connectivity index (χ1n) is 7.56. The Hall–Kier alpha value is -1.92. The molecular formula is C17H15ClFNO3S. The summed E-state index contributed by atoms with van der Waals surface area (Å²) in [5, 5.41) is 2.57. The van der Waals surface area contributed by atoms with E-state index >= 15 is 0 Å². The van der Waals surface area contributed by atoms with Crippen molar-refractivity contribution in [1.82, 2.24) is 0 Å². The molecule has 0 bridgehead atoms. The number of thiophene rings is 1. The van der Waals surface area contributed by atoms with Gasteiger partial charge in [-0.3, -0.25) is 4.79 Å². The molecule has 1 aromatic carbocycles. The van der Waals surface area contributed by atoms with Crippen molar-refractivity contribution in [3.8, 4) is 0 Å². The summed E-state index contributed by atoms with van der Waals surface area (Å²) < 4.78 is 18.0. The predicted molar refractivity (Wildman–Crippen MR) is 91.3 cm³/mol. The Balaban J connectivity index is 1.55. The minimum atomic E-state index is -0.529. The average molecular weight is 368 g/mol. The standard InChI is InChI=1S/C17H15ClFNO3S/c18-12-8-11(19)5-6-13(12)20-16(21)9-23-17(22)15-7-10-3-1-2-4-14(10)24-15/h5-8H,1-4,9H2,(H,20,21). The molecular weight excluding hydrogens is 353 g/mol. The molecule has 0 saturated heterocycles. The number of hydrogen-bond acceptors (Lipinski definition) is 4. The monoisotopic (exact) mass is 367 g/mol. The smallest absolute Gasteiger partial charge is 0.348 e. The van der Waals surface area contributed by atoms with Crippen LogP contribution in [0.2, 0.25) is 5.02 Å². The van der Waals surface area contributed by atoms with E-state index in [0.717, 1.165) is 31.7 Å². The van der Waals surface area contributed by atoms with Crippen molar-refractivity contribution >= 4 is 40.5 Å². The van der Waals surface area contributed by atoms with Crippen molar-refractivity contribution in [1.29, 1.82) is 0 Å². The van der Waals surface area contributed by atoms with E-state index in [1.165, 1.54) is 33.9 Å². The third-order valence-electron chi connectivity index (χ3n) is 3.74. The number of esters is 1. The zero-order chi connectivity index (χ0) is 17.1. The van der Waals surface area contributed by atoms with Gasteiger partial charge in [0.2, 0.25) is 0 Å². The molecule has 0 fully saturated rings. The van der Waals surface area contributed by atoms with Crippen LogP contribution < -0.4 is 5.32 Å². The molecule has 0 unspecified atom stereocenters. The number of nitrogens with one attached hydrogen (secondary N) is 1. The summed E-state index contributed by atoms with van der Waals surface area (Å²) in [6.07, 6.45) is 4.27. The van der Waals surface area contributed by atoms with Gasteiger partial charge in [-0.1, -0.05) is 11.6 Å². The van der Waals surface area contributed by atoms with Gasteiger partial charge in [0.1, 0.15) is 10.7 Å². The van der Waals surface area contributed by atoms with Crippen LogP contribution >= 0.6 is 22.9 Å². The van der Waals surface area contributed by atoms with Gasteiger partial charge in [-0.05, 0) is 55.5 Å². The molecule has 7 heteroatoms. The quantitative estimate of drug-likeness (QED) is 0.823. The zero-order valence-electron chi connectivity index (χ0n) is 12.7. The number of carbonyl (C=O) groups is 2. The van der Waals surface area contributed by atoms with E-state index in [1.54, 1.807) is 0 Å². The van der Waals surface area contributed by atoms with Crippen LogP contribution in [0.4, 0.5) is 10.1 Å². The summed E-state index contributed by atoms with van der Waals surface area (Å²) in [6.45, 7) is -0.422. The number of carbonyl (C=O) groups excluding carboxylic acids is 2. The second kappa shape index (κ2) is 7.32. The Morgan fingerprint density at radius 2 is 2.04 bits per heavy atom. The molecule has 0 atom stereocenters. The summed E-state index contributed by atoms with van der Waals surface area (Å²) in [5.41, 5.74) is 1.48. The Kier molecular flexibility index (Phi) is 5.16. The fourth-order valence-electron chi connectivity index (χ4n) is 2.57. The highest BCUT2D eigenvalue weighted by molar-refractivity contribution is 7.14. The van der Waals surface area contributed by atoms with Crippen molar-refractivity contribution < 1.29 is 18.7 Å². The van der Waals surface area contributed by atoms with Gasteiger partial charge >= 0.3 is 5.97 Å². The van der Waals surface area contributed by atoms with Crippen LogP contribution in [0.5, 0.6) is 0 Å². The van der Waals surface area contributed by atoms with Gasteiger partial charge in [-0.15, -0.1) is 11.3 Å². The maximum atomic E-state index is 13.0. The maximum Gasteiger partial charge on any atom is 0.348 e. The second-order valence-electron chi connectivity index (χ2n) is 5.51. The number of fused-ring (bicyclic) bond motifs is 1. The summed E-state index contributed by atoms with van der Waals surface area (Å²) >= 11 is 7.26. The third-order valence-corrected chi connectivity index (χ3v) is 5.27. The predicted octanol–water partition coefficient (Wildman–Crippen LogP) is 4.21. The number of amides is 1. The lowest BCUT2D eigenvalue weighted by atomic mass is 9.99. The van der Waals surface area contributed by atoms with E-state index in [2.05, 4.69) is 5.32 Å². The van der Waals surface area contributed by atoms with Crippen molar-refractivity contribution in [2.24, 2.45) is 0 Å². The SMILES string of the molecule is O=C(COC(=O)c1cc2c(s1)CCCC2)Nc1ccc(F)cc1Cl. The molecule has 126 valence electrons. The van der Waals surface area contributed by atoms with Crippen LogP contribution in [0.25, 0.3) is 0 Å². The molecule has 4 nitrogen and oxygen atoms in total. The van der Waals surface area contributed by atoms with Gasteiger partial charge in [0, 0.05) is 4.88 Å². The normalized spacial score (nSPS) is 13.2. The fourth-order valence-corrected chi connectivity index (χ4v) is 3.93. The maximum absolute atomic E-state index is 13.0. The van der Waals surface area contributed by atoms with E-state index in [9.17, 15) is 14.0 Å². The lowest BCUT2D eigenvalue weighted by Crippen LogP contribution is -2.20. The zero-order valence-corrected chi connectivity index (χ0v) is 14.3. The van der Waals surface area contributed by atoms with Crippen molar-refractivity contribution in [2.45, 2.75) is 25.7 Å². The minimum absolute atomic E-state index is 0.0839. The summed E-state index contributed by atoms with van der Waals surface area (Å²) in [6, 6.07) is 5.49. The van der Waals surface area contributed by atoms with E-state index in [-0.39, 0.29) is 10.7 Å². The van der Waals surface area contributed by atoms with Crippen LogP contribution in [0.15, 0.2) is 24.3 Å². The average Bonchev–Trinajstić information content (AvgIpc) is 2.99. The van der Waals surface area contributed by atoms with Crippen LogP contribution in [0.1, 0.15) is 33.0 Å². The Bertz CT molecular complexity index is 767. The highest BCUT2D eigenvalue weighted by Gasteiger charge is 2.19. The molecule has 2 aromatic rings. The van der Waals surface area contributed by atoms with Gasteiger partial charge in [-0.2, -0.15) is 0 Å². The minimum Gasteiger partial charge on any atom is -0.451 e. The molecule has 0 saturated carbocycles. The largest absolute Gasteiger partial charge is 0.451 e. The number of ether oxygens (including phenoxy) is 1. The summed E-state index contributed by atoms with van der Waals surface area (Å²) in [5.74, 6) is -1.53. The summed E-state index contributed by atoms with van der Waals surface area (Å²) in [4.78, 5) is 25.7. The molecule has 3 rings (SSSR count). The highest BCUT2D eigenvalue weighted by Crippen LogP contribution is 2.30. The van der Waals surface area contributed by atoms with Crippen LogP contribution in [0, 0.1) is 5.82 Å². The van der Waals surface area contributed by atoms with Gasteiger partial charge < -0.3 is 10.1 Å². The van der Waals surface area contributed by atoms with Crippen molar-refractivity contribution in [3.05, 3.63) is 50.4 Å². The number of benzene rings is 1. The van der Waals surface area contributed by atoms with E-state index in [0.29, 0.717) is 4.88 Å². The molecule has 1 aliphatic rings. The molecule has 24 heavy (non-hydrogen) atoms. The Labute approximate surface area is 147 Å². The Morgan fingerprint density at radius 1 is 1.25 bits per heavy atom. The fraction of sp³-hybridized carbons (Fsp3) is 0.294.